The Labute approximate surface area is 120 Å². The maximum atomic E-state index is 12.1. The fourth-order valence-electron chi connectivity index (χ4n) is 2.74. The van der Waals surface area contributed by atoms with Crippen LogP contribution in [-0.4, -0.2) is 25.6 Å². The van der Waals surface area contributed by atoms with Crippen LogP contribution in [0.25, 0.3) is 0 Å². The number of hydrogen-bond acceptors (Lipinski definition) is 3. The molecule has 1 aromatic rings. The second-order valence-corrected chi connectivity index (χ2v) is 5.44. The third-order valence-electron chi connectivity index (χ3n) is 4.03. The van der Waals surface area contributed by atoms with Crippen molar-refractivity contribution in [3.05, 3.63) is 29.8 Å². The smallest absolute Gasteiger partial charge is 0.224 e. The van der Waals surface area contributed by atoms with Gasteiger partial charge in [-0.3, -0.25) is 4.79 Å². The lowest BCUT2D eigenvalue weighted by Gasteiger charge is -2.27. The van der Waals surface area contributed by atoms with Crippen molar-refractivity contribution < 1.29 is 9.53 Å². The summed E-state index contributed by atoms with van der Waals surface area (Å²) in [6.07, 6.45) is 4.99. The van der Waals surface area contributed by atoms with E-state index in [2.05, 4.69) is 5.32 Å². The van der Waals surface area contributed by atoms with Crippen molar-refractivity contribution in [2.24, 2.45) is 11.7 Å². The SMILES string of the molecule is COc1ccc(CCNC(=O)C2CCCCC2N)cc1. The fourth-order valence-corrected chi connectivity index (χ4v) is 2.74. The molecule has 0 radical (unpaired) electrons. The van der Waals surface area contributed by atoms with Crippen molar-refractivity contribution in [3.8, 4) is 5.75 Å². The molecule has 1 aliphatic rings. The number of nitrogens with two attached hydrogens (primary N) is 1. The molecule has 0 bridgehead atoms. The van der Waals surface area contributed by atoms with Crippen LogP contribution in [-0.2, 0) is 11.2 Å². The first-order chi connectivity index (χ1) is 9.70. The van der Waals surface area contributed by atoms with E-state index in [1.54, 1.807) is 7.11 Å². The van der Waals surface area contributed by atoms with Crippen molar-refractivity contribution in [3.63, 3.8) is 0 Å². The summed E-state index contributed by atoms with van der Waals surface area (Å²) in [5.74, 6) is 0.969. The van der Waals surface area contributed by atoms with Gasteiger partial charge in [0.05, 0.1) is 13.0 Å². The van der Waals surface area contributed by atoms with Gasteiger partial charge in [0.2, 0.25) is 5.91 Å². The standard InChI is InChI=1S/C16H24N2O2/c1-20-13-8-6-12(7-9-13)10-11-18-16(19)14-4-2-3-5-15(14)17/h6-9,14-15H,2-5,10-11,17H2,1H3,(H,18,19). The number of rotatable bonds is 5. The van der Waals surface area contributed by atoms with Crippen molar-refractivity contribution >= 4 is 5.91 Å². The van der Waals surface area contributed by atoms with Gasteiger partial charge in [0, 0.05) is 12.6 Å². The molecule has 1 fully saturated rings. The van der Waals surface area contributed by atoms with Gasteiger partial charge in [0.15, 0.2) is 0 Å². The Bertz CT molecular complexity index is 431. The molecule has 0 aliphatic heterocycles. The summed E-state index contributed by atoms with van der Waals surface area (Å²) >= 11 is 0. The molecule has 2 unspecified atom stereocenters. The Balaban J connectivity index is 1.75. The van der Waals surface area contributed by atoms with Crippen LogP contribution in [0.5, 0.6) is 5.75 Å². The van der Waals surface area contributed by atoms with Crippen molar-refractivity contribution in [2.75, 3.05) is 13.7 Å². The van der Waals surface area contributed by atoms with E-state index in [0.717, 1.165) is 37.9 Å². The van der Waals surface area contributed by atoms with Gasteiger partial charge in [-0.15, -0.1) is 0 Å². The van der Waals surface area contributed by atoms with Crippen LogP contribution in [0.2, 0.25) is 0 Å². The number of carbonyl (C=O) groups is 1. The van der Waals surface area contributed by atoms with Gasteiger partial charge >= 0.3 is 0 Å². The Morgan fingerprint density at radius 2 is 2.00 bits per heavy atom. The molecule has 1 amide bonds. The Kier molecular flexibility index (Phi) is 5.41. The molecule has 110 valence electrons. The molecule has 20 heavy (non-hydrogen) atoms. The Morgan fingerprint density at radius 3 is 2.65 bits per heavy atom. The summed E-state index contributed by atoms with van der Waals surface area (Å²) in [6.45, 7) is 0.661. The molecular weight excluding hydrogens is 252 g/mol. The van der Waals surface area contributed by atoms with E-state index in [4.69, 9.17) is 10.5 Å². The third kappa shape index (κ3) is 3.97. The zero-order chi connectivity index (χ0) is 14.4. The van der Waals surface area contributed by atoms with E-state index in [9.17, 15) is 4.79 Å². The van der Waals surface area contributed by atoms with Crippen LogP contribution in [0.15, 0.2) is 24.3 Å². The fraction of sp³-hybridized carbons (Fsp3) is 0.562. The zero-order valence-electron chi connectivity index (χ0n) is 12.1. The molecule has 1 aromatic carbocycles. The predicted molar refractivity (Wildman–Crippen MR) is 79.6 cm³/mol. The number of methoxy groups -OCH3 is 1. The molecule has 0 aromatic heterocycles. The van der Waals surface area contributed by atoms with Crippen molar-refractivity contribution in [2.45, 2.75) is 38.1 Å². The zero-order valence-corrected chi connectivity index (χ0v) is 12.1. The summed E-state index contributed by atoms with van der Waals surface area (Å²) in [7, 11) is 1.66. The topological polar surface area (TPSA) is 64.3 Å². The Morgan fingerprint density at radius 1 is 1.30 bits per heavy atom. The van der Waals surface area contributed by atoms with E-state index < -0.39 is 0 Å². The summed E-state index contributed by atoms with van der Waals surface area (Å²) in [5.41, 5.74) is 7.21. The molecule has 1 aliphatic carbocycles. The minimum absolute atomic E-state index is 0.000354. The van der Waals surface area contributed by atoms with Crippen LogP contribution in [0.4, 0.5) is 0 Å². The number of ether oxygens (including phenoxy) is 1. The van der Waals surface area contributed by atoms with Crippen LogP contribution >= 0.6 is 0 Å². The summed E-state index contributed by atoms with van der Waals surface area (Å²) < 4.78 is 5.12. The first kappa shape index (κ1) is 14.9. The number of carbonyl (C=O) groups excluding carboxylic acids is 1. The lowest BCUT2D eigenvalue weighted by Crippen LogP contribution is -2.44. The van der Waals surface area contributed by atoms with Gasteiger partial charge < -0.3 is 15.8 Å². The summed E-state index contributed by atoms with van der Waals surface area (Å²) in [4.78, 5) is 12.1. The molecule has 3 N–H and O–H groups in total. The van der Waals surface area contributed by atoms with Crippen LogP contribution in [0, 0.1) is 5.92 Å². The highest BCUT2D eigenvalue weighted by molar-refractivity contribution is 5.79. The molecule has 0 heterocycles. The second-order valence-electron chi connectivity index (χ2n) is 5.44. The monoisotopic (exact) mass is 276 g/mol. The first-order valence-corrected chi connectivity index (χ1v) is 7.37. The summed E-state index contributed by atoms with van der Waals surface area (Å²) in [5, 5.41) is 3.01. The van der Waals surface area contributed by atoms with E-state index in [1.807, 2.05) is 24.3 Å². The normalized spacial score (nSPS) is 22.3. The second kappa shape index (κ2) is 7.29. The van der Waals surface area contributed by atoms with E-state index in [1.165, 1.54) is 5.56 Å². The van der Waals surface area contributed by atoms with Gasteiger partial charge in [-0.2, -0.15) is 0 Å². The lowest BCUT2D eigenvalue weighted by molar-refractivity contribution is -0.126. The van der Waals surface area contributed by atoms with E-state index in [0.29, 0.717) is 6.54 Å². The molecule has 0 saturated heterocycles. The number of benzene rings is 1. The summed E-state index contributed by atoms with van der Waals surface area (Å²) in [6, 6.07) is 7.96. The largest absolute Gasteiger partial charge is 0.497 e. The van der Waals surface area contributed by atoms with Crippen LogP contribution < -0.4 is 15.8 Å². The molecule has 2 atom stereocenters. The molecular formula is C16H24N2O2. The molecule has 4 heteroatoms. The highest BCUT2D eigenvalue weighted by Gasteiger charge is 2.27. The van der Waals surface area contributed by atoms with Gasteiger partial charge in [0.1, 0.15) is 5.75 Å². The van der Waals surface area contributed by atoms with Gasteiger partial charge in [-0.05, 0) is 37.0 Å². The predicted octanol–water partition coefficient (Wildman–Crippen LogP) is 1.87. The highest BCUT2D eigenvalue weighted by atomic mass is 16.5. The number of amides is 1. The highest BCUT2D eigenvalue weighted by Crippen LogP contribution is 2.22. The molecule has 0 spiro atoms. The molecule has 1 saturated carbocycles. The quantitative estimate of drug-likeness (QED) is 0.863. The first-order valence-electron chi connectivity index (χ1n) is 7.37. The van der Waals surface area contributed by atoms with E-state index in [-0.39, 0.29) is 17.9 Å². The van der Waals surface area contributed by atoms with Crippen LogP contribution in [0.1, 0.15) is 31.2 Å². The van der Waals surface area contributed by atoms with Gasteiger partial charge in [0.25, 0.3) is 0 Å². The van der Waals surface area contributed by atoms with Gasteiger partial charge in [-0.1, -0.05) is 25.0 Å². The minimum Gasteiger partial charge on any atom is -0.497 e. The maximum Gasteiger partial charge on any atom is 0.224 e. The number of hydrogen-bond donors (Lipinski definition) is 2. The average Bonchev–Trinajstić information content (AvgIpc) is 2.48. The minimum atomic E-state index is -0.000354. The van der Waals surface area contributed by atoms with E-state index >= 15 is 0 Å². The number of nitrogens with one attached hydrogen (secondary N) is 1. The van der Waals surface area contributed by atoms with Crippen LogP contribution in [0.3, 0.4) is 0 Å². The van der Waals surface area contributed by atoms with Gasteiger partial charge in [-0.25, -0.2) is 0 Å². The molecule has 2 rings (SSSR count). The van der Waals surface area contributed by atoms with Crippen molar-refractivity contribution in [1.82, 2.24) is 5.32 Å². The third-order valence-corrected chi connectivity index (χ3v) is 4.03. The Hall–Kier alpha value is -1.55. The average molecular weight is 276 g/mol. The van der Waals surface area contributed by atoms with Crippen molar-refractivity contribution in [1.29, 1.82) is 0 Å². The maximum absolute atomic E-state index is 12.1. The lowest BCUT2D eigenvalue weighted by atomic mass is 9.84. The molecule has 4 nitrogen and oxygen atoms in total.